The normalized spacial score (nSPS) is 14.2. The second-order valence-electron chi connectivity index (χ2n) is 6.17. The number of benzene rings is 2. The van der Waals surface area contributed by atoms with E-state index in [0.29, 0.717) is 38.3 Å². The largest absolute Gasteiger partial charge is 0.366 e. The summed E-state index contributed by atoms with van der Waals surface area (Å²) in [5.41, 5.74) is 1.53. The zero-order valence-electron chi connectivity index (χ0n) is 14.7. The Kier molecular flexibility index (Phi) is 5.51. The van der Waals surface area contributed by atoms with Crippen LogP contribution in [0.1, 0.15) is 23.7 Å². The summed E-state index contributed by atoms with van der Waals surface area (Å²) in [5, 5.41) is 2.81. The maximum absolute atomic E-state index is 13.8. The van der Waals surface area contributed by atoms with Crippen LogP contribution in [0.15, 0.2) is 48.5 Å². The van der Waals surface area contributed by atoms with Crippen molar-refractivity contribution in [1.82, 2.24) is 4.90 Å². The molecule has 6 heteroatoms. The Bertz CT molecular complexity index is 801. The van der Waals surface area contributed by atoms with E-state index in [0.717, 1.165) is 5.69 Å². The van der Waals surface area contributed by atoms with E-state index < -0.39 is 11.7 Å². The number of nitrogens with one attached hydrogen (secondary N) is 1. The van der Waals surface area contributed by atoms with Gasteiger partial charge in [-0.15, -0.1) is 0 Å². The number of carbonyl (C=O) groups is 2. The molecule has 1 heterocycles. The van der Waals surface area contributed by atoms with E-state index in [2.05, 4.69) is 10.2 Å². The van der Waals surface area contributed by atoms with Gasteiger partial charge in [-0.2, -0.15) is 0 Å². The van der Waals surface area contributed by atoms with E-state index >= 15 is 0 Å². The van der Waals surface area contributed by atoms with Gasteiger partial charge in [-0.25, -0.2) is 4.39 Å². The molecule has 2 amide bonds. The quantitative estimate of drug-likeness (QED) is 0.917. The van der Waals surface area contributed by atoms with Gasteiger partial charge in [0.15, 0.2) is 0 Å². The number of para-hydroxylation sites is 2. The van der Waals surface area contributed by atoms with Crippen LogP contribution in [0, 0.1) is 5.82 Å². The Morgan fingerprint density at radius 3 is 2.35 bits per heavy atom. The number of amides is 2. The lowest BCUT2D eigenvalue weighted by Crippen LogP contribution is -2.48. The standard InChI is InChI=1S/C20H22FN3O2/c1-2-19(25)24-13-11-23(12-14-24)18-10-6-5-9-17(18)22-20(26)15-7-3-4-8-16(15)21/h3-10H,2,11-14H2,1H3,(H,22,26). The lowest BCUT2D eigenvalue weighted by atomic mass is 10.1. The molecule has 1 aliphatic rings. The van der Waals surface area contributed by atoms with Crippen molar-refractivity contribution >= 4 is 23.2 Å². The number of piperazine rings is 1. The summed E-state index contributed by atoms with van der Waals surface area (Å²) in [6, 6.07) is 13.4. The number of hydrogen-bond donors (Lipinski definition) is 1. The van der Waals surface area contributed by atoms with Gasteiger partial charge in [0.1, 0.15) is 5.82 Å². The summed E-state index contributed by atoms with van der Waals surface area (Å²) in [6.45, 7) is 4.56. The first-order valence-corrected chi connectivity index (χ1v) is 8.77. The maximum Gasteiger partial charge on any atom is 0.258 e. The highest BCUT2D eigenvalue weighted by Gasteiger charge is 2.22. The van der Waals surface area contributed by atoms with Crippen LogP contribution < -0.4 is 10.2 Å². The molecule has 1 aliphatic heterocycles. The smallest absolute Gasteiger partial charge is 0.258 e. The summed E-state index contributed by atoms with van der Waals surface area (Å²) < 4.78 is 13.8. The van der Waals surface area contributed by atoms with Crippen molar-refractivity contribution in [3.8, 4) is 0 Å². The zero-order valence-corrected chi connectivity index (χ0v) is 14.7. The van der Waals surface area contributed by atoms with Crippen LogP contribution in [-0.4, -0.2) is 42.9 Å². The molecule has 1 N–H and O–H groups in total. The van der Waals surface area contributed by atoms with Crippen LogP contribution in [0.25, 0.3) is 0 Å². The number of anilines is 2. The monoisotopic (exact) mass is 355 g/mol. The number of halogens is 1. The Labute approximate surface area is 152 Å². The predicted octanol–water partition coefficient (Wildman–Crippen LogP) is 3.14. The molecule has 26 heavy (non-hydrogen) atoms. The van der Waals surface area contributed by atoms with E-state index in [4.69, 9.17) is 0 Å². The van der Waals surface area contributed by atoms with Crippen LogP contribution in [0.5, 0.6) is 0 Å². The molecule has 0 atom stereocenters. The van der Waals surface area contributed by atoms with Gasteiger partial charge in [0, 0.05) is 32.6 Å². The summed E-state index contributed by atoms with van der Waals surface area (Å²) in [4.78, 5) is 28.2. The first-order chi connectivity index (χ1) is 12.6. The average molecular weight is 355 g/mol. The third-order valence-electron chi connectivity index (χ3n) is 4.55. The highest BCUT2D eigenvalue weighted by Crippen LogP contribution is 2.27. The van der Waals surface area contributed by atoms with Crippen LogP contribution in [0.4, 0.5) is 15.8 Å². The van der Waals surface area contributed by atoms with E-state index in [-0.39, 0.29) is 11.5 Å². The summed E-state index contributed by atoms with van der Waals surface area (Å²) in [5.74, 6) is -0.865. The van der Waals surface area contributed by atoms with Gasteiger partial charge in [0.25, 0.3) is 5.91 Å². The minimum Gasteiger partial charge on any atom is -0.366 e. The molecule has 1 fully saturated rings. The molecule has 0 saturated carbocycles. The van der Waals surface area contributed by atoms with Crippen molar-refractivity contribution in [2.75, 3.05) is 36.4 Å². The SMILES string of the molecule is CCC(=O)N1CCN(c2ccccc2NC(=O)c2ccccc2F)CC1. The van der Waals surface area contributed by atoms with Gasteiger partial charge in [-0.05, 0) is 24.3 Å². The highest BCUT2D eigenvalue weighted by atomic mass is 19.1. The molecular weight excluding hydrogens is 333 g/mol. The molecule has 0 radical (unpaired) electrons. The Balaban J connectivity index is 1.74. The third-order valence-corrected chi connectivity index (χ3v) is 4.55. The van der Waals surface area contributed by atoms with Crippen LogP contribution in [0.3, 0.4) is 0 Å². The molecule has 5 nitrogen and oxygen atoms in total. The second kappa shape index (κ2) is 7.99. The fraction of sp³-hybridized carbons (Fsp3) is 0.300. The average Bonchev–Trinajstić information content (AvgIpc) is 2.68. The summed E-state index contributed by atoms with van der Waals surface area (Å²) >= 11 is 0. The lowest BCUT2D eigenvalue weighted by molar-refractivity contribution is -0.131. The van der Waals surface area contributed by atoms with Gasteiger partial charge in [0.2, 0.25) is 5.91 Å². The molecule has 2 aromatic carbocycles. The fourth-order valence-electron chi connectivity index (χ4n) is 3.11. The topological polar surface area (TPSA) is 52.7 Å². The lowest BCUT2D eigenvalue weighted by Gasteiger charge is -2.36. The number of nitrogens with zero attached hydrogens (tertiary/aromatic N) is 2. The van der Waals surface area contributed by atoms with Crippen LogP contribution >= 0.6 is 0 Å². The number of hydrogen-bond acceptors (Lipinski definition) is 3. The Morgan fingerprint density at radius 2 is 1.65 bits per heavy atom. The molecule has 2 aromatic rings. The molecule has 136 valence electrons. The van der Waals surface area contributed by atoms with Crippen molar-refractivity contribution in [2.45, 2.75) is 13.3 Å². The zero-order chi connectivity index (χ0) is 18.5. The highest BCUT2D eigenvalue weighted by molar-refractivity contribution is 6.06. The Hall–Kier alpha value is -2.89. The Morgan fingerprint density at radius 1 is 1.00 bits per heavy atom. The van der Waals surface area contributed by atoms with Crippen LogP contribution in [0.2, 0.25) is 0 Å². The van der Waals surface area contributed by atoms with Gasteiger partial charge in [-0.3, -0.25) is 9.59 Å². The van der Waals surface area contributed by atoms with Crippen LogP contribution in [-0.2, 0) is 4.79 Å². The van der Waals surface area contributed by atoms with E-state index in [1.165, 1.54) is 12.1 Å². The molecule has 0 aliphatic carbocycles. The van der Waals surface area contributed by atoms with Crippen molar-refractivity contribution in [3.05, 3.63) is 59.9 Å². The second-order valence-corrected chi connectivity index (χ2v) is 6.17. The third kappa shape index (κ3) is 3.85. The number of rotatable bonds is 4. The van der Waals surface area contributed by atoms with Crippen molar-refractivity contribution in [2.24, 2.45) is 0 Å². The van der Waals surface area contributed by atoms with Crippen molar-refractivity contribution < 1.29 is 14.0 Å². The van der Waals surface area contributed by atoms with Gasteiger partial charge < -0.3 is 15.1 Å². The molecule has 0 aromatic heterocycles. The molecular formula is C20H22FN3O2. The maximum atomic E-state index is 13.8. The summed E-state index contributed by atoms with van der Waals surface area (Å²) in [6.07, 6.45) is 0.509. The fourth-order valence-corrected chi connectivity index (χ4v) is 3.11. The molecule has 0 unspecified atom stereocenters. The van der Waals surface area contributed by atoms with E-state index in [9.17, 15) is 14.0 Å². The molecule has 1 saturated heterocycles. The first kappa shape index (κ1) is 17.9. The predicted molar refractivity (Wildman–Crippen MR) is 99.9 cm³/mol. The first-order valence-electron chi connectivity index (χ1n) is 8.77. The summed E-state index contributed by atoms with van der Waals surface area (Å²) in [7, 11) is 0. The van der Waals surface area contributed by atoms with E-state index in [1.807, 2.05) is 30.0 Å². The molecule has 0 spiro atoms. The van der Waals surface area contributed by atoms with Gasteiger partial charge >= 0.3 is 0 Å². The number of carbonyl (C=O) groups excluding carboxylic acids is 2. The van der Waals surface area contributed by atoms with E-state index in [1.54, 1.807) is 18.2 Å². The van der Waals surface area contributed by atoms with Crippen molar-refractivity contribution in [1.29, 1.82) is 0 Å². The van der Waals surface area contributed by atoms with Gasteiger partial charge in [0.05, 0.1) is 16.9 Å². The van der Waals surface area contributed by atoms with Gasteiger partial charge in [-0.1, -0.05) is 31.2 Å². The molecule has 3 rings (SSSR count). The minimum atomic E-state index is -0.547. The molecule has 0 bridgehead atoms. The van der Waals surface area contributed by atoms with Crippen molar-refractivity contribution in [3.63, 3.8) is 0 Å². The minimum absolute atomic E-state index is 0.0145.